The Labute approximate surface area is 81.9 Å². The van der Waals surface area contributed by atoms with E-state index in [1.807, 2.05) is 6.92 Å². The number of rotatable bonds is 4. The first-order valence-corrected chi connectivity index (χ1v) is 4.48. The van der Waals surface area contributed by atoms with Crippen LogP contribution in [0.2, 0.25) is 0 Å². The van der Waals surface area contributed by atoms with E-state index in [9.17, 15) is 4.79 Å². The molecule has 14 heavy (non-hydrogen) atoms. The van der Waals surface area contributed by atoms with Crippen molar-refractivity contribution in [2.45, 2.75) is 26.3 Å². The number of nitrogens with zero attached hydrogens (tertiary/aromatic N) is 2. The predicted octanol–water partition coefficient (Wildman–Crippen LogP) is -0.155. The van der Waals surface area contributed by atoms with Gasteiger partial charge in [-0.2, -0.15) is 4.98 Å². The summed E-state index contributed by atoms with van der Waals surface area (Å²) in [5.74, 6) is 0.0736. The van der Waals surface area contributed by atoms with E-state index in [-0.39, 0.29) is 17.8 Å². The van der Waals surface area contributed by atoms with Gasteiger partial charge in [0.05, 0.1) is 0 Å². The van der Waals surface area contributed by atoms with E-state index in [1.165, 1.54) is 0 Å². The zero-order valence-electron chi connectivity index (χ0n) is 8.28. The Morgan fingerprint density at radius 3 is 2.86 bits per heavy atom. The predicted molar refractivity (Wildman–Crippen MR) is 49.6 cm³/mol. The molecule has 1 atom stereocenters. The van der Waals surface area contributed by atoms with Crippen LogP contribution in [-0.4, -0.2) is 28.6 Å². The van der Waals surface area contributed by atoms with E-state index >= 15 is 0 Å². The minimum atomic E-state index is -0.348. The maximum Gasteiger partial charge on any atom is 0.292 e. The second kappa shape index (κ2) is 4.71. The zero-order valence-corrected chi connectivity index (χ0v) is 8.28. The summed E-state index contributed by atoms with van der Waals surface area (Å²) in [6.07, 6.45) is 0.777. The van der Waals surface area contributed by atoms with Crippen LogP contribution in [0.5, 0.6) is 0 Å². The summed E-state index contributed by atoms with van der Waals surface area (Å²) in [5, 5.41) is 6.20. The van der Waals surface area contributed by atoms with E-state index in [0.717, 1.165) is 6.42 Å². The number of hydrogen-bond donors (Lipinski definition) is 2. The standard InChI is InChI=1S/C8H14N4O2/c1-3-6(4-9)11-8(13)7-10-5(2)14-12-7/h6H,3-4,9H2,1-2H3,(H,11,13). The lowest BCUT2D eigenvalue weighted by molar-refractivity contribution is 0.0923. The maximum absolute atomic E-state index is 11.4. The number of carbonyl (C=O) groups excluding carboxylic acids is 1. The average Bonchev–Trinajstić information content (AvgIpc) is 2.61. The fraction of sp³-hybridized carbons (Fsp3) is 0.625. The molecule has 1 rings (SSSR count). The molecule has 0 saturated carbocycles. The molecule has 0 aliphatic carbocycles. The van der Waals surface area contributed by atoms with Crippen molar-refractivity contribution in [1.29, 1.82) is 0 Å². The molecule has 78 valence electrons. The lowest BCUT2D eigenvalue weighted by atomic mass is 10.2. The molecule has 0 aromatic carbocycles. The van der Waals surface area contributed by atoms with E-state index in [4.69, 9.17) is 5.73 Å². The third-order valence-corrected chi connectivity index (χ3v) is 1.84. The maximum atomic E-state index is 11.4. The van der Waals surface area contributed by atoms with Crippen molar-refractivity contribution in [2.75, 3.05) is 6.54 Å². The van der Waals surface area contributed by atoms with Gasteiger partial charge in [-0.05, 0) is 6.42 Å². The number of aryl methyl sites for hydroxylation is 1. The molecule has 6 nitrogen and oxygen atoms in total. The Kier molecular flexibility index (Phi) is 3.58. The molecule has 0 aliphatic heterocycles. The smallest absolute Gasteiger partial charge is 0.292 e. The number of nitrogens with two attached hydrogens (primary N) is 1. The molecule has 0 radical (unpaired) electrons. The molecular weight excluding hydrogens is 184 g/mol. The van der Waals surface area contributed by atoms with Gasteiger partial charge in [0, 0.05) is 19.5 Å². The second-order valence-electron chi connectivity index (χ2n) is 2.95. The fourth-order valence-electron chi connectivity index (χ4n) is 0.969. The van der Waals surface area contributed by atoms with Crippen molar-refractivity contribution in [1.82, 2.24) is 15.5 Å². The van der Waals surface area contributed by atoms with Crippen molar-refractivity contribution >= 4 is 5.91 Å². The number of carbonyl (C=O) groups is 1. The van der Waals surface area contributed by atoms with Gasteiger partial charge >= 0.3 is 0 Å². The van der Waals surface area contributed by atoms with Gasteiger partial charge in [-0.15, -0.1) is 0 Å². The lowest BCUT2D eigenvalue weighted by Crippen LogP contribution is -2.40. The average molecular weight is 198 g/mol. The van der Waals surface area contributed by atoms with Gasteiger partial charge in [-0.1, -0.05) is 12.1 Å². The van der Waals surface area contributed by atoms with Crippen LogP contribution in [0.4, 0.5) is 0 Å². The molecule has 0 saturated heterocycles. The Morgan fingerprint density at radius 1 is 1.71 bits per heavy atom. The van der Waals surface area contributed by atoms with Crippen molar-refractivity contribution in [2.24, 2.45) is 5.73 Å². The molecule has 0 spiro atoms. The lowest BCUT2D eigenvalue weighted by Gasteiger charge is -2.12. The summed E-state index contributed by atoms with van der Waals surface area (Å²) in [7, 11) is 0. The Hall–Kier alpha value is -1.43. The number of amides is 1. The van der Waals surface area contributed by atoms with E-state index in [1.54, 1.807) is 6.92 Å². The van der Waals surface area contributed by atoms with Gasteiger partial charge in [0.2, 0.25) is 5.89 Å². The van der Waals surface area contributed by atoms with Gasteiger partial charge < -0.3 is 15.6 Å². The third kappa shape index (κ3) is 2.53. The Bertz CT molecular complexity index is 306. The topological polar surface area (TPSA) is 94.0 Å². The quantitative estimate of drug-likeness (QED) is 0.701. The molecule has 1 aromatic heterocycles. The molecule has 1 unspecified atom stereocenters. The van der Waals surface area contributed by atoms with E-state index < -0.39 is 0 Å². The van der Waals surface area contributed by atoms with Gasteiger partial charge in [0.1, 0.15) is 0 Å². The molecule has 1 aromatic rings. The van der Waals surface area contributed by atoms with Crippen LogP contribution in [0.1, 0.15) is 29.9 Å². The molecule has 6 heteroatoms. The fourth-order valence-corrected chi connectivity index (χ4v) is 0.969. The highest BCUT2D eigenvalue weighted by Crippen LogP contribution is 1.96. The van der Waals surface area contributed by atoms with Crippen molar-refractivity contribution in [3.8, 4) is 0 Å². The van der Waals surface area contributed by atoms with Crippen LogP contribution < -0.4 is 11.1 Å². The molecule has 0 fully saturated rings. The molecule has 1 heterocycles. The number of nitrogens with one attached hydrogen (secondary N) is 1. The van der Waals surface area contributed by atoms with Gasteiger partial charge in [0.15, 0.2) is 0 Å². The SMILES string of the molecule is CCC(CN)NC(=O)c1noc(C)n1. The summed E-state index contributed by atoms with van der Waals surface area (Å²) >= 11 is 0. The molecule has 0 bridgehead atoms. The van der Waals surface area contributed by atoms with E-state index in [0.29, 0.717) is 12.4 Å². The van der Waals surface area contributed by atoms with Crippen LogP contribution in [0.3, 0.4) is 0 Å². The molecule has 3 N–H and O–H groups in total. The highest BCUT2D eigenvalue weighted by Gasteiger charge is 2.15. The molecule has 0 aliphatic rings. The Morgan fingerprint density at radius 2 is 2.43 bits per heavy atom. The normalized spacial score (nSPS) is 12.5. The van der Waals surface area contributed by atoms with Crippen LogP contribution in [0.15, 0.2) is 4.52 Å². The first-order valence-electron chi connectivity index (χ1n) is 4.48. The number of aromatic nitrogens is 2. The largest absolute Gasteiger partial charge is 0.345 e. The second-order valence-corrected chi connectivity index (χ2v) is 2.95. The monoisotopic (exact) mass is 198 g/mol. The van der Waals surface area contributed by atoms with Crippen molar-refractivity contribution < 1.29 is 9.32 Å². The zero-order chi connectivity index (χ0) is 10.6. The van der Waals surface area contributed by atoms with Gasteiger partial charge in [-0.25, -0.2) is 0 Å². The minimum absolute atomic E-state index is 0.0405. The van der Waals surface area contributed by atoms with Crippen LogP contribution >= 0.6 is 0 Å². The first-order chi connectivity index (χ1) is 6.67. The Balaban J connectivity index is 2.58. The summed E-state index contributed by atoms with van der Waals surface area (Å²) in [5.41, 5.74) is 5.44. The first kappa shape index (κ1) is 10.6. The summed E-state index contributed by atoms with van der Waals surface area (Å²) in [6, 6.07) is -0.0405. The van der Waals surface area contributed by atoms with Crippen molar-refractivity contribution in [3.05, 3.63) is 11.7 Å². The highest BCUT2D eigenvalue weighted by atomic mass is 16.5. The summed E-state index contributed by atoms with van der Waals surface area (Å²) < 4.78 is 4.68. The number of hydrogen-bond acceptors (Lipinski definition) is 5. The van der Waals surface area contributed by atoms with Crippen LogP contribution in [0, 0.1) is 6.92 Å². The van der Waals surface area contributed by atoms with Crippen LogP contribution in [-0.2, 0) is 0 Å². The van der Waals surface area contributed by atoms with E-state index in [2.05, 4.69) is 20.0 Å². The summed E-state index contributed by atoms with van der Waals surface area (Å²) in [6.45, 7) is 3.97. The molecule has 1 amide bonds. The van der Waals surface area contributed by atoms with Gasteiger partial charge in [-0.3, -0.25) is 4.79 Å². The minimum Gasteiger partial charge on any atom is -0.345 e. The van der Waals surface area contributed by atoms with Gasteiger partial charge in [0.25, 0.3) is 11.7 Å². The molecular formula is C8H14N4O2. The summed E-state index contributed by atoms with van der Waals surface area (Å²) in [4.78, 5) is 15.2. The highest BCUT2D eigenvalue weighted by molar-refractivity contribution is 5.90. The van der Waals surface area contributed by atoms with Crippen molar-refractivity contribution in [3.63, 3.8) is 0 Å². The third-order valence-electron chi connectivity index (χ3n) is 1.84. The van der Waals surface area contributed by atoms with Crippen LogP contribution in [0.25, 0.3) is 0 Å².